The average molecular weight is 551 g/mol. The fraction of sp³-hybridized carbons (Fsp3) is 0.355. The van der Waals surface area contributed by atoms with E-state index in [9.17, 15) is 9.59 Å². The van der Waals surface area contributed by atoms with Gasteiger partial charge in [-0.05, 0) is 41.2 Å². The molecule has 10 heteroatoms. The van der Waals surface area contributed by atoms with Gasteiger partial charge in [0.05, 0.1) is 0 Å². The number of unbranched alkanes of at least 4 members (excludes halogenated alkanes) is 1. The summed E-state index contributed by atoms with van der Waals surface area (Å²) in [7, 11) is 0. The Bertz CT molecular complexity index is 1660. The Labute approximate surface area is 238 Å². The van der Waals surface area contributed by atoms with Gasteiger partial charge < -0.3 is 4.57 Å². The van der Waals surface area contributed by atoms with Gasteiger partial charge in [-0.1, -0.05) is 75.7 Å². The first kappa shape index (κ1) is 27.9. The second-order valence-corrected chi connectivity index (χ2v) is 10.1. The summed E-state index contributed by atoms with van der Waals surface area (Å²) in [6.07, 6.45) is 4.77. The Balaban J connectivity index is 1.59. The third-order valence-electron chi connectivity index (χ3n) is 7.10. The Morgan fingerprint density at radius 3 is 2.15 bits per heavy atom. The number of fused-ring (bicyclic) bond motifs is 1. The number of hydrogen-bond donors (Lipinski definition) is 1. The molecule has 0 saturated heterocycles. The minimum atomic E-state index is -0.101. The van der Waals surface area contributed by atoms with Crippen LogP contribution in [0.25, 0.3) is 33.5 Å². The SMILES string of the molecule is CCCCc1nc2c(C(=O)CCC)nnc(C(=O)CCC)c2n1Cc1ccc(-c2ccccc2-c2nn[nH]n2)cc1. The van der Waals surface area contributed by atoms with E-state index >= 15 is 0 Å². The molecule has 2 aromatic carbocycles. The number of benzene rings is 2. The highest BCUT2D eigenvalue weighted by atomic mass is 16.1. The predicted octanol–water partition coefficient (Wildman–Crippen LogP) is 6.03. The molecule has 0 saturated carbocycles. The van der Waals surface area contributed by atoms with Crippen LogP contribution in [0.1, 0.15) is 91.7 Å². The summed E-state index contributed by atoms with van der Waals surface area (Å²) in [6, 6.07) is 16.2. The van der Waals surface area contributed by atoms with Crippen LogP contribution in [0.15, 0.2) is 48.5 Å². The summed E-state index contributed by atoms with van der Waals surface area (Å²) in [4.78, 5) is 31.1. The van der Waals surface area contributed by atoms with E-state index in [-0.39, 0.29) is 23.0 Å². The zero-order valence-electron chi connectivity index (χ0n) is 23.7. The molecule has 0 radical (unpaired) electrons. The van der Waals surface area contributed by atoms with Crippen molar-refractivity contribution in [3.63, 3.8) is 0 Å². The van der Waals surface area contributed by atoms with Crippen LogP contribution in [0.4, 0.5) is 0 Å². The first-order valence-electron chi connectivity index (χ1n) is 14.3. The number of nitrogens with zero attached hydrogens (tertiary/aromatic N) is 7. The van der Waals surface area contributed by atoms with Crippen molar-refractivity contribution in [3.8, 4) is 22.5 Å². The average Bonchev–Trinajstić information content (AvgIpc) is 3.65. The van der Waals surface area contributed by atoms with Crippen molar-refractivity contribution in [1.82, 2.24) is 40.4 Å². The molecule has 0 atom stereocenters. The number of aryl methyl sites for hydroxylation is 1. The highest BCUT2D eigenvalue weighted by Crippen LogP contribution is 2.31. The molecule has 1 N–H and O–H groups in total. The smallest absolute Gasteiger partial charge is 0.205 e. The quantitative estimate of drug-likeness (QED) is 0.176. The van der Waals surface area contributed by atoms with Crippen molar-refractivity contribution in [2.75, 3.05) is 0 Å². The lowest BCUT2D eigenvalue weighted by Crippen LogP contribution is -2.13. The van der Waals surface area contributed by atoms with Crippen LogP contribution in [-0.2, 0) is 13.0 Å². The number of hydrogen-bond acceptors (Lipinski definition) is 8. The fourth-order valence-electron chi connectivity index (χ4n) is 5.04. The first-order chi connectivity index (χ1) is 20.0. The second kappa shape index (κ2) is 12.7. The first-order valence-corrected chi connectivity index (χ1v) is 14.3. The Morgan fingerprint density at radius 1 is 0.805 bits per heavy atom. The van der Waals surface area contributed by atoms with Crippen molar-refractivity contribution in [2.24, 2.45) is 0 Å². The molecule has 0 fully saturated rings. The van der Waals surface area contributed by atoms with Crippen LogP contribution in [-0.4, -0.2) is 51.9 Å². The maximum absolute atomic E-state index is 13.2. The van der Waals surface area contributed by atoms with Gasteiger partial charge in [-0.3, -0.25) is 9.59 Å². The van der Waals surface area contributed by atoms with E-state index in [1.807, 2.05) is 38.1 Å². The van der Waals surface area contributed by atoms with E-state index in [4.69, 9.17) is 4.98 Å². The van der Waals surface area contributed by atoms with Gasteiger partial charge in [0.15, 0.2) is 23.0 Å². The number of aromatic nitrogens is 8. The zero-order valence-corrected chi connectivity index (χ0v) is 23.7. The van der Waals surface area contributed by atoms with E-state index in [1.165, 1.54) is 0 Å². The molecule has 210 valence electrons. The molecule has 3 aromatic heterocycles. The summed E-state index contributed by atoms with van der Waals surface area (Å²) >= 11 is 0. The molecule has 0 aliphatic rings. The van der Waals surface area contributed by atoms with E-state index in [0.29, 0.717) is 49.1 Å². The van der Waals surface area contributed by atoms with Crippen molar-refractivity contribution in [1.29, 1.82) is 0 Å². The lowest BCUT2D eigenvalue weighted by Gasteiger charge is -2.13. The molecule has 0 unspecified atom stereocenters. The van der Waals surface area contributed by atoms with Crippen LogP contribution in [0.3, 0.4) is 0 Å². The molecule has 0 aliphatic heterocycles. The van der Waals surface area contributed by atoms with E-state index in [0.717, 1.165) is 47.3 Å². The Morgan fingerprint density at radius 2 is 1.49 bits per heavy atom. The number of aromatic amines is 1. The molecule has 0 aliphatic carbocycles. The number of tetrazole rings is 1. The van der Waals surface area contributed by atoms with Crippen molar-refractivity contribution >= 4 is 22.6 Å². The molecule has 3 heterocycles. The monoisotopic (exact) mass is 550 g/mol. The molecular weight excluding hydrogens is 516 g/mol. The van der Waals surface area contributed by atoms with Crippen molar-refractivity contribution in [2.45, 2.75) is 72.3 Å². The molecule has 5 aromatic rings. The number of carbonyl (C=O) groups is 2. The summed E-state index contributed by atoms with van der Waals surface area (Å²) in [6.45, 7) is 6.54. The normalized spacial score (nSPS) is 11.3. The van der Waals surface area contributed by atoms with Crippen LogP contribution in [0.5, 0.6) is 0 Å². The summed E-state index contributed by atoms with van der Waals surface area (Å²) in [5, 5.41) is 23.1. The van der Waals surface area contributed by atoms with Gasteiger partial charge in [-0.2, -0.15) is 5.21 Å². The molecular formula is C31H34N8O2. The number of Topliss-reactive ketones (excluding diaryl/α,β-unsaturated/α-hetero) is 2. The van der Waals surface area contributed by atoms with E-state index < -0.39 is 0 Å². The molecule has 0 spiro atoms. The lowest BCUT2D eigenvalue weighted by atomic mass is 9.98. The van der Waals surface area contributed by atoms with Gasteiger partial charge in [0.2, 0.25) is 5.82 Å². The number of imidazole rings is 1. The topological polar surface area (TPSA) is 132 Å². The number of nitrogens with one attached hydrogen (secondary N) is 1. The molecule has 10 nitrogen and oxygen atoms in total. The third kappa shape index (κ3) is 5.82. The minimum Gasteiger partial charge on any atom is -0.321 e. The number of ketones is 2. The van der Waals surface area contributed by atoms with Crippen LogP contribution in [0, 0.1) is 0 Å². The molecule has 5 rings (SSSR count). The summed E-state index contributed by atoms with van der Waals surface area (Å²) < 4.78 is 2.06. The number of H-pyrrole nitrogens is 1. The summed E-state index contributed by atoms with van der Waals surface area (Å²) in [5.41, 5.74) is 5.57. The van der Waals surface area contributed by atoms with Gasteiger partial charge in [0.1, 0.15) is 16.9 Å². The van der Waals surface area contributed by atoms with Crippen molar-refractivity contribution in [3.05, 3.63) is 71.3 Å². The standard InChI is InChI=1S/C31H34N8O2/c1-4-7-14-26-32-29-27(24(40)10-5-2)33-34-28(25(41)11-6-3)30(29)39(26)19-20-15-17-21(18-16-20)22-12-8-9-13-23(22)31-35-37-38-36-31/h8-9,12-13,15-18H,4-7,10-11,14,19H2,1-3H3,(H,35,36,37,38). The van der Waals surface area contributed by atoms with Gasteiger partial charge in [-0.15, -0.1) is 20.4 Å². The van der Waals surface area contributed by atoms with Gasteiger partial charge in [-0.25, -0.2) is 4.98 Å². The maximum Gasteiger partial charge on any atom is 0.205 e. The minimum absolute atomic E-state index is 0.0869. The van der Waals surface area contributed by atoms with Crippen LogP contribution < -0.4 is 0 Å². The molecule has 0 amide bonds. The largest absolute Gasteiger partial charge is 0.321 e. The van der Waals surface area contributed by atoms with Gasteiger partial charge >= 0.3 is 0 Å². The lowest BCUT2D eigenvalue weighted by molar-refractivity contribution is 0.0963. The zero-order chi connectivity index (χ0) is 28.8. The highest BCUT2D eigenvalue weighted by Gasteiger charge is 2.25. The number of rotatable bonds is 13. The van der Waals surface area contributed by atoms with Crippen LogP contribution in [0.2, 0.25) is 0 Å². The third-order valence-corrected chi connectivity index (χ3v) is 7.10. The molecule has 0 bridgehead atoms. The highest BCUT2D eigenvalue weighted by molar-refractivity contribution is 6.10. The second-order valence-electron chi connectivity index (χ2n) is 10.1. The van der Waals surface area contributed by atoms with Crippen LogP contribution >= 0.6 is 0 Å². The van der Waals surface area contributed by atoms with E-state index in [1.54, 1.807) is 0 Å². The van der Waals surface area contributed by atoms with Crippen molar-refractivity contribution < 1.29 is 9.59 Å². The molecule has 41 heavy (non-hydrogen) atoms. The fourth-order valence-corrected chi connectivity index (χ4v) is 5.04. The Kier molecular flexibility index (Phi) is 8.67. The van der Waals surface area contributed by atoms with Gasteiger partial charge in [0, 0.05) is 31.4 Å². The maximum atomic E-state index is 13.2. The van der Waals surface area contributed by atoms with Gasteiger partial charge in [0.25, 0.3) is 0 Å². The summed E-state index contributed by atoms with van der Waals surface area (Å²) in [5.74, 6) is 1.18. The van der Waals surface area contributed by atoms with E-state index in [2.05, 4.69) is 66.6 Å². The Hall–Kier alpha value is -4.60. The predicted molar refractivity (Wildman–Crippen MR) is 157 cm³/mol. The number of carbonyl (C=O) groups excluding carboxylic acids is 2.